The summed E-state index contributed by atoms with van der Waals surface area (Å²) in [6.07, 6.45) is 0. The van der Waals surface area contributed by atoms with Crippen LogP contribution in [0.4, 0.5) is 0 Å². The van der Waals surface area contributed by atoms with Gasteiger partial charge in [-0.2, -0.15) is 0 Å². The summed E-state index contributed by atoms with van der Waals surface area (Å²) in [6.45, 7) is 4.34. The molecule has 0 aliphatic rings. The fourth-order valence-electron chi connectivity index (χ4n) is 4.26. The summed E-state index contributed by atoms with van der Waals surface area (Å²) in [5, 5.41) is 10.9. The molecule has 0 nitrogen and oxygen atoms in total. The van der Waals surface area contributed by atoms with Crippen molar-refractivity contribution in [1.82, 2.24) is 0 Å². The van der Waals surface area contributed by atoms with Crippen LogP contribution in [0.2, 0.25) is 0 Å². The maximum absolute atomic E-state index is 2.28. The molecule has 0 atom stereocenters. The van der Waals surface area contributed by atoms with Crippen molar-refractivity contribution in [3.8, 4) is 0 Å². The minimum absolute atomic E-state index is 0. The molecule has 0 aromatic heterocycles. The summed E-state index contributed by atoms with van der Waals surface area (Å²) in [4.78, 5) is 0. The van der Waals surface area contributed by atoms with E-state index in [-0.39, 0.29) is 50.7 Å². The first-order valence-electron chi connectivity index (χ1n) is 9.80. The molecular formula is C28H22Cl2Hf. The van der Waals surface area contributed by atoms with Crippen LogP contribution in [0, 0.1) is 13.8 Å². The van der Waals surface area contributed by atoms with Crippen molar-refractivity contribution in [2.75, 3.05) is 0 Å². The number of fused-ring (bicyclic) bond motifs is 6. The van der Waals surface area contributed by atoms with E-state index in [9.17, 15) is 0 Å². The fourth-order valence-corrected chi connectivity index (χ4v) is 4.26. The first-order chi connectivity index (χ1) is 13.7. The van der Waals surface area contributed by atoms with Gasteiger partial charge in [-0.25, -0.2) is 0 Å². The van der Waals surface area contributed by atoms with E-state index in [1.54, 1.807) is 0 Å². The molecule has 0 unspecified atom stereocenters. The van der Waals surface area contributed by atoms with Crippen LogP contribution in [0.25, 0.3) is 43.1 Å². The van der Waals surface area contributed by atoms with Crippen LogP contribution in [-0.4, -0.2) is 0 Å². The second-order valence-corrected chi connectivity index (χ2v) is 7.54. The molecule has 0 radical (unpaired) electrons. The van der Waals surface area contributed by atoms with Gasteiger partial charge in [-0.15, -0.1) is 78.5 Å². The van der Waals surface area contributed by atoms with Crippen LogP contribution in [0.1, 0.15) is 11.1 Å². The average molecular weight is 608 g/mol. The van der Waals surface area contributed by atoms with Crippen molar-refractivity contribution in [2.24, 2.45) is 0 Å². The molecule has 0 aliphatic carbocycles. The van der Waals surface area contributed by atoms with Gasteiger partial charge in [-0.1, -0.05) is 86.6 Å². The normalized spacial score (nSPS) is 10.1. The van der Waals surface area contributed by atoms with Gasteiger partial charge in [-0.3, -0.25) is 0 Å². The van der Waals surface area contributed by atoms with Gasteiger partial charge in [0.15, 0.2) is 0 Å². The zero-order valence-electron chi connectivity index (χ0n) is 17.5. The molecule has 0 saturated heterocycles. The number of benzene rings is 4. The molecule has 0 fully saturated rings. The van der Waals surface area contributed by atoms with Gasteiger partial charge in [0, 0.05) is 0 Å². The molecule has 6 aromatic carbocycles. The van der Waals surface area contributed by atoms with Crippen molar-refractivity contribution in [3.05, 3.63) is 108 Å². The number of hydrogen-bond acceptors (Lipinski definition) is 0. The standard InChI is InChI=1S/2C14H11.2ClH.Hf/c2*1-10-5-4-8-13-12-7-3-2-6-11(12)9-14(10)13;;;/h2*2-9H,1H3;2*1H;/q2*-1;;;+4/p-2. The van der Waals surface area contributed by atoms with Gasteiger partial charge < -0.3 is 24.8 Å². The third-order valence-corrected chi connectivity index (χ3v) is 5.75. The smallest absolute Gasteiger partial charge is 1.00 e. The Balaban J connectivity index is 0.000000201. The second-order valence-electron chi connectivity index (χ2n) is 7.54. The number of aryl methyl sites for hydroxylation is 2. The van der Waals surface area contributed by atoms with E-state index in [0.717, 1.165) is 0 Å². The van der Waals surface area contributed by atoms with E-state index in [2.05, 4.69) is 111 Å². The Morgan fingerprint density at radius 3 is 1.23 bits per heavy atom. The zero-order chi connectivity index (χ0) is 19.1. The monoisotopic (exact) mass is 608 g/mol. The van der Waals surface area contributed by atoms with Crippen LogP contribution in [0.3, 0.4) is 0 Å². The third kappa shape index (κ3) is 4.65. The predicted molar refractivity (Wildman–Crippen MR) is 124 cm³/mol. The zero-order valence-corrected chi connectivity index (χ0v) is 22.6. The van der Waals surface area contributed by atoms with Crippen LogP contribution >= 0.6 is 0 Å². The van der Waals surface area contributed by atoms with E-state index in [1.165, 1.54) is 54.2 Å². The Kier molecular flexibility index (Phi) is 8.65. The van der Waals surface area contributed by atoms with Gasteiger partial charge in [0.05, 0.1) is 0 Å². The molecule has 0 saturated carbocycles. The van der Waals surface area contributed by atoms with E-state index >= 15 is 0 Å². The summed E-state index contributed by atoms with van der Waals surface area (Å²) in [7, 11) is 0. The van der Waals surface area contributed by atoms with Gasteiger partial charge in [0.2, 0.25) is 0 Å². The molecular weight excluding hydrogens is 586 g/mol. The summed E-state index contributed by atoms with van der Waals surface area (Å²) >= 11 is 0. The number of halogens is 2. The van der Waals surface area contributed by atoms with E-state index < -0.39 is 0 Å². The summed E-state index contributed by atoms with van der Waals surface area (Å²) < 4.78 is 0. The molecule has 3 heteroatoms. The van der Waals surface area contributed by atoms with Gasteiger partial charge in [0.1, 0.15) is 0 Å². The van der Waals surface area contributed by atoms with Crippen molar-refractivity contribution < 1.29 is 50.7 Å². The van der Waals surface area contributed by atoms with Crippen LogP contribution in [-0.2, 0) is 25.8 Å². The number of rotatable bonds is 0. The molecule has 6 aromatic rings. The van der Waals surface area contributed by atoms with Gasteiger partial charge in [-0.05, 0) is 0 Å². The summed E-state index contributed by atoms with van der Waals surface area (Å²) in [6, 6.07) is 34.7. The quantitative estimate of drug-likeness (QED) is 0.183. The van der Waals surface area contributed by atoms with Crippen LogP contribution < -0.4 is 24.8 Å². The molecule has 0 heterocycles. The van der Waals surface area contributed by atoms with Crippen LogP contribution in [0.5, 0.6) is 0 Å². The molecule has 0 bridgehead atoms. The van der Waals surface area contributed by atoms with Crippen LogP contribution in [0.15, 0.2) is 97.1 Å². The molecule has 0 spiro atoms. The molecule has 152 valence electrons. The van der Waals surface area contributed by atoms with Crippen molar-refractivity contribution in [2.45, 2.75) is 13.8 Å². The third-order valence-electron chi connectivity index (χ3n) is 5.75. The second kappa shape index (κ2) is 10.6. The molecule has 31 heavy (non-hydrogen) atoms. The first kappa shape index (κ1) is 25.3. The minimum Gasteiger partial charge on any atom is -1.00 e. The maximum Gasteiger partial charge on any atom is 4.00 e. The van der Waals surface area contributed by atoms with Crippen molar-refractivity contribution in [3.63, 3.8) is 0 Å². The van der Waals surface area contributed by atoms with E-state index in [4.69, 9.17) is 0 Å². The molecule has 0 N–H and O–H groups in total. The van der Waals surface area contributed by atoms with E-state index in [0.29, 0.717) is 0 Å². The molecule has 0 amide bonds. The Morgan fingerprint density at radius 1 is 0.452 bits per heavy atom. The SMILES string of the molecule is Cc1cccc2c1[cH-]c1ccccc12.Cc1cccc2c1[cH-]c1ccccc12.[Cl-].[Cl-].[Hf+4]. The maximum atomic E-state index is 2.28. The molecule has 6 rings (SSSR count). The average Bonchev–Trinajstić information content (AvgIpc) is 3.29. The van der Waals surface area contributed by atoms with Gasteiger partial charge >= 0.3 is 25.8 Å². The summed E-state index contributed by atoms with van der Waals surface area (Å²) in [5.74, 6) is 0. The minimum atomic E-state index is 0. The Hall–Kier alpha value is -1.93. The Morgan fingerprint density at radius 2 is 0.806 bits per heavy atom. The first-order valence-corrected chi connectivity index (χ1v) is 9.80. The van der Waals surface area contributed by atoms with Crippen molar-refractivity contribution in [1.29, 1.82) is 0 Å². The fraction of sp³-hybridized carbons (Fsp3) is 0.0714. The topological polar surface area (TPSA) is 0 Å². The largest absolute Gasteiger partial charge is 4.00 e. The van der Waals surface area contributed by atoms with E-state index in [1.807, 2.05) is 0 Å². The predicted octanol–water partition coefficient (Wildman–Crippen LogP) is 2.05. The Bertz CT molecular complexity index is 1330. The molecule has 0 aliphatic heterocycles. The number of hydrogen-bond donors (Lipinski definition) is 0. The summed E-state index contributed by atoms with van der Waals surface area (Å²) in [5.41, 5.74) is 2.72. The van der Waals surface area contributed by atoms with Crippen molar-refractivity contribution >= 4 is 43.1 Å². The Labute approximate surface area is 214 Å². The van der Waals surface area contributed by atoms with Gasteiger partial charge in [0.25, 0.3) is 0 Å².